The van der Waals surface area contributed by atoms with Gasteiger partial charge in [0.15, 0.2) is 5.60 Å². The van der Waals surface area contributed by atoms with E-state index in [0.717, 1.165) is 23.1 Å². The van der Waals surface area contributed by atoms with Crippen LogP contribution in [0.4, 0.5) is 24.5 Å². The third kappa shape index (κ3) is 4.97. The molecule has 1 atom stereocenters. The summed E-state index contributed by atoms with van der Waals surface area (Å²) in [5.41, 5.74) is -2.66. The van der Waals surface area contributed by atoms with E-state index in [0.29, 0.717) is 11.3 Å². The molecule has 1 aliphatic rings. The van der Waals surface area contributed by atoms with Crippen LogP contribution in [-0.4, -0.2) is 41.1 Å². The fourth-order valence-corrected chi connectivity index (χ4v) is 4.88. The lowest BCUT2D eigenvalue weighted by atomic mass is 9.86. The number of aliphatic hydroxyl groups excluding tert-OH is 1. The van der Waals surface area contributed by atoms with E-state index < -0.39 is 48.7 Å². The number of nitrogens with one attached hydrogen (secondary N) is 1. The number of hydrogen-bond acceptors (Lipinski definition) is 4. The Morgan fingerprint density at radius 3 is 2.42 bits per heavy atom. The SMILES string of the molecule is Cc1cc(C(=O)N2CCC(F)(F)[C@](O)(CO)c3cc(Cl)ccc32)ccc1NC(=O)c1cc(F)c(Cl)cc1Cl. The van der Waals surface area contributed by atoms with Crippen LogP contribution >= 0.6 is 34.8 Å². The Morgan fingerprint density at radius 1 is 1.05 bits per heavy atom. The molecule has 3 aromatic rings. The number of fused-ring (bicyclic) bond motifs is 1. The largest absolute Gasteiger partial charge is 0.393 e. The Hall–Kier alpha value is -2.82. The minimum Gasteiger partial charge on any atom is -0.393 e. The number of benzene rings is 3. The number of aliphatic hydroxyl groups is 2. The molecule has 2 amide bonds. The molecule has 0 unspecified atom stereocenters. The van der Waals surface area contributed by atoms with E-state index in [-0.39, 0.29) is 37.4 Å². The zero-order valence-corrected chi connectivity index (χ0v) is 21.9. The molecule has 0 aromatic heterocycles. The van der Waals surface area contributed by atoms with E-state index in [1.807, 2.05) is 0 Å². The Bertz CT molecular complexity index is 1450. The second-order valence-corrected chi connectivity index (χ2v) is 10.1. The summed E-state index contributed by atoms with van der Waals surface area (Å²) < 4.78 is 43.7. The molecule has 1 heterocycles. The number of nitrogens with zero attached hydrogens (tertiary/aromatic N) is 1. The Morgan fingerprint density at radius 2 is 1.76 bits per heavy atom. The predicted octanol–water partition coefficient (Wildman–Crippen LogP) is 6.21. The highest BCUT2D eigenvalue weighted by Gasteiger charge is 2.56. The number of amides is 2. The van der Waals surface area contributed by atoms with Crippen LogP contribution in [0.2, 0.25) is 15.1 Å². The van der Waals surface area contributed by atoms with Crippen LogP contribution in [-0.2, 0) is 5.60 Å². The van der Waals surface area contributed by atoms with Gasteiger partial charge in [-0.3, -0.25) is 9.59 Å². The number of aryl methyl sites for hydroxylation is 1. The topological polar surface area (TPSA) is 89.9 Å². The summed E-state index contributed by atoms with van der Waals surface area (Å²) in [6.07, 6.45) is -0.923. The van der Waals surface area contributed by atoms with Gasteiger partial charge in [-0.2, -0.15) is 0 Å². The highest BCUT2D eigenvalue weighted by molar-refractivity contribution is 6.37. The molecule has 200 valence electrons. The second kappa shape index (κ2) is 10.4. The zero-order chi connectivity index (χ0) is 28.0. The molecule has 38 heavy (non-hydrogen) atoms. The zero-order valence-electron chi connectivity index (χ0n) is 19.7. The summed E-state index contributed by atoms with van der Waals surface area (Å²) in [7, 11) is 0. The molecular weight excluding hydrogens is 568 g/mol. The van der Waals surface area contributed by atoms with Gasteiger partial charge in [-0.05, 0) is 61.0 Å². The third-order valence-electron chi connectivity index (χ3n) is 6.40. The first-order valence-electron chi connectivity index (χ1n) is 11.2. The van der Waals surface area contributed by atoms with Gasteiger partial charge < -0.3 is 20.4 Å². The first-order valence-corrected chi connectivity index (χ1v) is 12.3. The van der Waals surface area contributed by atoms with Crippen molar-refractivity contribution < 1.29 is 33.0 Å². The number of anilines is 2. The van der Waals surface area contributed by atoms with Crippen LogP contribution in [0.5, 0.6) is 0 Å². The van der Waals surface area contributed by atoms with Gasteiger partial charge >= 0.3 is 0 Å². The van der Waals surface area contributed by atoms with Gasteiger partial charge in [-0.25, -0.2) is 13.2 Å². The lowest BCUT2D eigenvalue weighted by Crippen LogP contribution is -2.48. The van der Waals surface area contributed by atoms with Crippen molar-refractivity contribution in [2.75, 3.05) is 23.4 Å². The number of rotatable bonds is 4. The average Bonchev–Trinajstić information content (AvgIpc) is 2.94. The number of alkyl halides is 2. The van der Waals surface area contributed by atoms with Crippen molar-refractivity contribution in [3.63, 3.8) is 0 Å². The molecule has 0 aliphatic carbocycles. The van der Waals surface area contributed by atoms with E-state index in [2.05, 4.69) is 5.32 Å². The van der Waals surface area contributed by atoms with Crippen LogP contribution < -0.4 is 10.2 Å². The molecule has 4 rings (SSSR count). The predicted molar refractivity (Wildman–Crippen MR) is 139 cm³/mol. The molecule has 0 bridgehead atoms. The van der Waals surface area contributed by atoms with Crippen molar-refractivity contribution in [3.05, 3.63) is 91.7 Å². The van der Waals surface area contributed by atoms with E-state index in [9.17, 15) is 33.0 Å². The van der Waals surface area contributed by atoms with Crippen molar-refractivity contribution in [3.8, 4) is 0 Å². The number of hydrogen-bond donors (Lipinski definition) is 3. The molecule has 0 radical (unpaired) electrons. The van der Waals surface area contributed by atoms with Gasteiger partial charge in [-0.15, -0.1) is 0 Å². The molecule has 3 N–H and O–H groups in total. The average molecular weight is 588 g/mol. The minimum absolute atomic E-state index is 0.0254. The quantitative estimate of drug-likeness (QED) is 0.317. The minimum atomic E-state index is -3.76. The van der Waals surface area contributed by atoms with Gasteiger partial charge in [0.2, 0.25) is 0 Å². The van der Waals surface area contributed by atoms with Crippen molar-refractivity contribution in [1.82, 2.24) is 0 Å². The maximum atomic E-state index is 14.9. The van der Waals surface area contributed by atoms with Crippen molar-refractivity contribution in [2.24, 2.45) is 0 Å². The Balaban J connectivity index is 1.66. The molecule has 0 saturated carbocycles. The summed E-state index contributed by atoms with van der Waals surface area (Å²) >= 11 is 17.7. The van der Waals surface area contributed by atoms with Gasteiger partial charge in [0.05, 0.1) is 27.9 Å². The molecule has 0 fully saturated rings. The van der Waals surface area contributed by atoms with E-state index in [4.69, 9.17) is 34.8 Å². The summed E-state index contributed by atoms with van der Waals surface area (Å²) in [6, 6.07) is 10.1. The fraction of sp³-hybridized carbons (Fsp3) is 0.231. The smallest absolute Gasteiger partial charge is 0.284 e. The molecule has 0 saturated heterocycles. The molecule has 12 heteroatoms. The molecule has 0 spiro atoms. The van der Waals surface area contributed by atoms with Crippen LogP contribution in [0.1, 0.15) is 38.3 Å². The van der Waals surface area contributed by atoms with Gasteiger partial charge in [0.25, 0.3) is 17.7 Å². The van der Waals surface area contributed by atoms with Gasteiger partial charge in [0.1, 0.15) is 5.82 Å². The maximum absolute atomic E-state index is 14.9. The summed E-state index contributed by atoms with van der Waals surface area (Å²) in [5.74, 6) is -5.95. The van der Waals surface area contributed by atoms with Crippen molar-refractivity contribution in [1.29, 1.82) is 0 Å². The lowest BCUT2D eigenvalue weighted by Gasteiger charge is -2.33. The standard InChI is InChI=1S/C26H20Cl3F3N2O4/c1-13-8-14(2-4-21(13)33-23(36)16-10-20(30)19(29)11-18(16)28)24(37)34-7-6-26(31,32)25(38,12-35)17-9-15(27)3-5-22(17)34/h2-5,8-11,35,38H,6-7,12H2,1H3,(H,33,36)/t25-/m0/s1. The molecular formula is C26H20Cl3F3N2O4. The monoisotopic (exact) mass is 586 g/mol. The number of carbonyl (C=O) groups is 2. The van der Waals surface area contributed by atoms with Crippen LogP contribution in [0.15, 0.2) is 48.5 Å². The number of halogens is 6. The highest BCUT2D eigenvalue weighted by Crippen LogP contribution is 2.47. The van der Waals surface area contributed by atoms with Crippen LogP contribution in [0, 0.1) is 12.7 Å². The fourth-order valence-electron chi connectivity index (χ4n) is 4.24. The lowest BCUT2D eigenvalue weighted by molar-refractivity contribution is -0.205. The molecule has 3 aromatic carbocycles. The first-order chi connectivity index (χ1) is 17.8. The summed E-state index contributed by atoms with van der Waals surface area (Å²) in [6.45, 7) is -0.142. The highest BCUT2D eigenvalue weighted by atomic mass is 35.5. The molecule has 1 aliphatic heterocycles. The van der Waals surface area contributed by atoms with Crippen molar-refractivity contribution >= 4 is 58.0 Å². The van der Waals surface area contributed by atoms with Gasteiger partial charge in [-0.1, -0.05) is 34.8 Å². The number of carbonyl (C=O) groups excluding carboxylic acids is 2. The van der Waals surface area contributed by atoms with Gasteiger partial charge in [0, 0.05) is 34.8 Å². The maximum Gasteiger partial charge on any atom is 0.284 e. The van der Waals surface area contributed by atoms with E-state index in [1.165, 1.54) is 30.3 Å². The van der Waals surface area contributed by atoms with E-state index in [1.54, 1.807) is 6.92 Å². The van der Waals surface area contributed by atoms with Crippen molar-refractivity contribution in [2.45, 2.75) is 24.9 Å². The normalized spacial score (nSPS) is 18.5. The molecule has 6 nitrogen and oxygen atoms in total. The third-order valence-corrected chi connectivity index (χ3v) is 7.24. The Labute approximate surface area is 230 Å². The first kappa shape index (κ1) is 28.2. The summed E-state index contributed by atoms with van der Waals surface area (Å²) in [5, 5.41) is 22.8. The van der Waals surface area contributed by atoms with E-state index >= 15 is 0 Å². The van der Waals surface area contributed by atoms with Crippen LogP contribution in [0.25, 0.3) is 0 Å². The van der Waals surface area contributed by atoms with Crippen LogP contribution in [0.3, 0.4) is 0 Å². The Kier molecular flexibility index (Phi) is 7.71. The summed E-state index contributed by atoms with van der Waals surface area (Å²) in [4.78, 5) is 27.2. The second-order valence-electron chi connectivity index (χ2n) is 8.82.